The number of carbonyl (C=O) groups excluding carboxylic acids is 1. The number of ether oxygens (including phenoxy) is 4. The van der Waals surface area contributed by atoms with Crippen molar-refractivity contribution in [1.29, 1.82) is 5.26 Å². The number of benzene rings is 4. The number of hydrogen-bond acceptors (Lipinski definition) is 7. The number of fused-ring (bicyclic) bond motifs is 1. The van der Waals surface area contributed by atoms with Crippen LogP contribution in [0.4, 0.5) is 4.39 Å². The Balaban J connectivity index is 1.36. The molecule has 1 heterocycles. The van der Waals surface area contributed by atoms with Crippen molar-refractivity contribution in [2.45, 2.75) is 26.4 Å². The number of allylic oxidation sites excluding steroid dienone is 1. The average Bonchev–Trinajstić information content (AvgIpc) is 2.99. The molecule has 0 aliphatic carbocycles. The molecule has 4 aromatic rings. The second-order valence-corrected chi connectivity index (χ2v) is 10.2. The van der Waals surface area contributed by atoms with Gasteiger partial charge in [0.2, 0.25) is 5.88 Å². The van der Waals surface area contributed by atoms with E-state index in [1.807, 2.05) is 6.07 Å². The number of nitriles is 1. The molecular weight excluding hydrogens is 535 g/mol. The lowest BCUT2D eigenvalue weighted by molar-refractivity contribution is 0.0734. The van der Waals surface area contributed by atoms with E-state index in [0.717, 1.165) is 5.56 Å². The van der Waals surface area contributed by atoms with Crippen LogP contribution in [0.2, 0.25) is 0 Å². The predicted molar refractivity (Wildman–Crippen MR) is 155 cm³/mol. The summed E-state index contributed by atoms with van der Waals surface area (Å²) in [6, 6.07) is 27.4. The van der Waals surface area contributed by atoms with Crippen molar-refractivity contribution in [3.8, 4) is 29.1 Å². The van der Waals surface area contributed by atoms with Crippen LogP contribution in [0.1, 0.15) is 46.8 Å². The molecule has 42 heavy (non-hydrogen) atoms. The van der Waals surface area contributed by atoms with E-state index in [4.69, 9.17) is 24.7 Å². The first-order valence-corrected chi connectivity index (χ1v) is 13.4. The normalized spacial score (nSPS) is 14.0. The highest BCUT2D eigenvalue weighted by Gasteiger charge is 2.31. The lowest BCUT2D eigenvalue weighted by atomic mass is 9.83. The summed E-state index contributed by atoms with van der Waals surface area (Å²) in [6.07, 6.45) is 0. The maximum Gasteiger partial charge on any atom is 0.343 e. The molecule has 8 heteroatoms. The summed E-state index contributed by atoms with van der Waals surface area (Å²) in [5, 5.41) is 9.93. The third-order valence-electron chi connectivity index (χ3n) is 6.62. The van der Waals surface area contributed by atoms with E-state index >= 15 is 0 Å². The Morgan fingerprint density at radius 3 is 2.45 bits per heavy atom. The van der Waals surface area contributed by atoms with Crippen molar-refractivity contribution in [2.24, 2.45) is 11.7 Å². The molecule has 7 nitrogen and oxygen atoms in total. The van der Waals surface area contributed by atoms with Gasteiger partial charge < -0.3 is 24.7 Å². The van der Waals surface area contributed by atoms with Gasteiger partial charge in [0.05, 0.1) is 18.1 Å². The Bertz CT molecular complexity index is 1670. The van der Waals surface area contributed by atoms with E-state index in [2.05, 4.69) is 19.9 Å². The monoisotopic (exact) mass is 564 g/mol. The van der Waals surface area contributed by atoms with E-state index < -0.39 is 11.9 Å². The molecule has 0 radical (unpaired) electrons. The fraction of sp³-hybridized carbons (Fsp3) is 0.176. The minimum absolute atomic E-state index is 0.0476. The SMILES string of the molecule is CC(C)COc1ccc(C(=O)Oc2ccc3c(c2)OC(N)=C(C#N)C3c2cccc(OCc3ccccc3F)c2)cc1. The zero-order chi connectivity index (χ0) is 29.6. The van der Waals surface area contributed by atoms with Crippen molar-refractivity contribution in [3.05, 3.63) is 131 Å². The molecule has 212 valence electrons. The van der Waals surface area contributed by atoms with Crippen LogP contribution in [-0.4, -0.2) is 12.6 Å². The zero-order valence-corrected chi connectivity index (χ0v) is 23.2. The fourth-order valence-corrected chi connectivity index (χ4v) is 4.52. The van der Waals surface area contributed by atoms with E-state index in [9.17, 15) is 14.4 Å². The third kappa shape index (κ3) is 6.37. The van der Waals surface area contributed by atoms with E-state index in [1.165, 1.54) is 6.07 Å². The molecule has 0 aromatic heterocycles. The van der Waals surface area contributed by atoms with Crippen molar-refractivity contribution in [2.75, 3.05) is 6.61 Å². The summed E-state index contributed by atoms with van der Waals surface area (Å²) in [7, 11) is 0. The van der Waals surface area contributed by atoms with Crippen LogP contribution >= 0.6 is 0 Å². The van der Waals surface area contributed by atoms with Crippen molar-refractivity contribution < 1.29 is 28.1 Å². The smallest absolute Gasteiger partial charge is 0.343 e. The van der Waals surface area contributed by atoms with Gasteiger partial charge in [-0.2, -0.15) is 5.26 Å². The molecule has 2 N–H and O–H groups in total. The van der Waals surface area contributed by atoms with Gasteiger partial charge in [0.25, 0.3) is 0 Å². The Kier molecular flexibility index (Phi) is 8.39. The Labute approximate surface area is 243 Å². The van der Waals surface area contributed by atoms with Gasteiger partial charge in [-0.05, 0) is 60.0 Å². The number of esters is 1. The third-order valence-corrected chi connectivity index (χ3v) is 6.62. The summed E-state index contributed by atoms with van der Waals surface area (Å²) in [6.45, 7) is 4.74. The lowest BCUT2D eigenvalue weighted by Crippen LogP contribution is -2.21. The quantitative estimate of drug-likeness (QED) is 0.175. The van der Waals surface area contributed by atoms with Gasteiger partial charge >= 0.3 is 5.97 Å². The van der Waals surface area contributed by atoms with Crippen LogP contribution in [0.15, 0.2) is 102 Å². The molecule has 1 aliphatic heterocycles. The first-order valence-electron chi connectivity index (χ1n) is 13.4. The molecule has 1 atom stereocenters. The number of nitrogens with two attached hydrogens (primary N) is 1. The average molecular weight is 565 g/mol. The van der Waals surface area contributed by atoms with Crippen LogP contribution in [0.25, 0.3) is 0 Å². The Morgan fingerprint density at radius 2 is 1.71 bits per heavy atom. The molecule has 0 amide bonds. The van der Waals surface area contributed by atoms with Crippen LogP contribution in [0.5, 0.6) is 23.0 Å². The number of nitrogens with zero attached hydrogens (tertiary/aromatic N) is 1. The minimum atomic E-state index is -0.557. The molecule has 0 saturated carbocycles. The Morgan fingerprint density at radius 1 is 0.952 bits per heavy atom. The van der Waals surface area contributed by atoms with Crippen LogP contribution < -0.4 is 24.7 Å². The topological polar surface area (TPSA) is 104 Å². The summed E-state index contributed by atoms with van der Waals surface area (Å²) < 4.78 is 37.0. The van der Waals surface area contributed by atoms with Crippen LogP contribution in [0.3, 0.4) is 0 Å². The molecule has 1 unspecified atom stereocenters. The largest absolute Gasteiger partial charge is 0.493 e. The number of rotatable bonds is 9. The van der Waals surface area contributed by atoms with Crippen LogP contribution in [-0.2, 0) is 6.61 Å². The minimum Gasteiger partial charge on any atom is -0.493 e. The van der Waals surface area contributed by atoms with Gasteiger partial charge in [0.1, 0.15) is 47.1 Å². The number of carbonyl (C=O) groups is 1. The second kappa shape index (κ2) is 12.5. The molecule has 1 aliphatic rings. The van der Waals surface area contributed by atoms with Gasteiger partial charge in [0, 0.05) is 17.2 Å². The van der Waals surface area contributed by atoms with Gasteiger partial charge in [-0.3, -0.25) is 0 Å². The number of hydrogen-bond donors (Lipinski definition) is 1. The lowest BCUT2D eigenvalue weighted by Gasteiger charge is -2.27. The highest BCUT2D eigenvalue weighted by atomic mass is 19.1. The highest BCUT2D eigenvalue weighted by Crippen LogP contribution is 2.44. The molecule has 0 spiro atoms. The summed E-state index contributed by atoms with van der Waals surface area (Å²) in [5.41, 5.74) is 8.59. The highest BCUT2D eigenvalue weighted by molar-refractivity contribution is 5.91. The van der Waals surface area contributed by atoms with Crippen molar-refractivity contribution in [3.63, 3.8) is 0 Å². The summed E-state index contributed by atoms with van der Waals surface area (Å²) >= 11 is 0. The van der Waals surface area contributed by atoms with Gasteiger partial charge in [-0.15, -0.1) is 0 Å². The second-order valence-electron chi connectivity index (χ2n) is 10.2. The van der Waals surface area contributed by atoms with Crippen molar-refractivity contribution >= 4 is 5.97 Å². The first-order chi connectivity index (χ1) is 20.3. The van der Waals surface area contributed by atoms with Gasteiger partial charge in [-0.25, -0.2) is 9.18 Å². The zero-order valence-electron chi connectivity index (χ0n) is 23.2. The molecule has 4 aromatic carbocycles. The first kappa shape index (κ1) is 28.2. The number of halogens is 1. The van der Waals surface area contributed by atoms with E-state index in [0.29, 0.717) is 46.5 Å². The van der Waals surface area contributed by atoms with Crippen LogP contribution in [0, 0.1) is 23.1 Å². The predicted octanol–water partition coefficient (Wildman–Crippen LogP) is 6.88. The molecule has 0 fully saturated rings. The molecular formula is C34H29FN2O5. The van der Waals surface area contributed by atoms with Gasteiger partial charge in [0.15, 0.2) is 0 Å². The van der Waals surface area contributed by atoms with E-state index in [-0.39, 0.29) is 29.6 Å². The molecule has 0 bridgehead atoms. The standard InChI is InChI=1S/C34H29FN2O5/c1-21(2)19-39-25-12-10-22(11-13-25)34(38)41-27-14-15-28-31(17-27)42-33(37)29(18-36)32(28)23-7-5-8-26(16-23)40-20-24-6-3-4-9-30(24)35/h3-17,21,32H,19-20,37H2,1-2H3. The molecule has 0 saturated heterocycles. The Hall–Kier alpha value is -5.29. The van der Waals surface area contributed by atoms with Crippen molar-refractivity contribution in [1.82, 2.24) is 0 Å². The maximum atomic E-state index is 14.1. The molecule has 5 rings (SSSR count). The fourth-order valence-electron chi connectivity index (χ4n) is 4.52. The summed E-state index contributed by atoms with van der Waals surface area (Å²) in [5.74, 6) is 0.682. The maximum absolute atomic E-state index is 14.1. The summed E-state index contributed by atoms with van der Waals surface area (Å²) in [4.78, 5) is 12.8. The van der Waals surface area contributed by atoms with Gasteiger partial charge in [-0.1, -0.05) is 50.2 Å². The van der Waals surface area contributed by atoms with E-state index in [1.54, 1.807) is 78.9 Å².